The van der Waals surface area contributed by atoms with Crippen molar-refractivity contribution < 1.29 is 9.15 Å². The Labute approximate surface area is 110 Å². The minimum Gasteiger partial charge on any atom is -0.493 e. The van der Waals surface area contributed by atoms with Gasteiger partial charge in [-0.3, -0.25) is 0 Å². The summed E-state index contributed by atoms with van der Waals surface area (Å²) in [6.07, 6.45) is 0. The van der Waals surface area contributed by atoms with E-state index in [9.17, 15) is 4.79 Å². The molecule has 0 radical (unpaired) electrons. The molecule has 1 aromatic heterocycles. The van der Waals surface area contributed by atoms with Crippen LogP contribution in [0.4, 0.5) is 0 Å². The number of fused-ring (bicyclic) bond motifs is 3. The van der Waals surface area contributed by atoms with E-state index in [0.29, 0.717) is 17.6 Å². The second-order valence-corrected chi connectivity index (χ2v) is 4.43. The molecule has 2 aromatic carbocycles. The van der Waals surface area contributed by atoms with Gasteiger partial charge in [0, 0.05) is 10.9 Å². The van der Waals surface area contributed by atoms with Crippen molar-refractivity contribution >= 4 is 21.7 Å². The van der Waals surface area contributed by atoms with Gasteiger partial charge in [-0.25, -0.2) is 4.79 Å². The van der Waals surface area contributed by atoms with Crippen LogP contribution in [-0.4, -0.2) is 6.61 Å². The molecule has 0 aliphatic rings. The zero-order valence-corrected chi connectivity index (χ0v) is 10.9. The molecular formula is C16H14O3. The largest absolute Gasteiger partial charge is 0.493 e. The number of rotatable bonds is 2. The van der Waals surface area contributed by atoms with Gasteiger partial charge in [0.1, 0.15) is 11.3 Å². The Morgan fingerprint density at radius 1 is 1.05 bits per heavy atom. The van der Waals surface area contributed by atoms with Gasteiger partial charge in [0.25, 0.3) is 0 Å². The fraction of sp³-hybridized carbons (Fsp3) is 0.188. The Hall–Kier alpha value is -2.29. The first kappa shape index (κ1) is 11.8. The van der Waals surface area contributed by atoms with Crippen LogP contribution in [-0.2, 0) is 0 Å². The van der Waals surface area contributed by atoms with Crippen LogP contribution >= 0.6 is 0 Å². The Bertz CT molecular complexity index is 815. The Morgan fingerprint density at radius 2 is 1.79 bits per heavy atom. The molecule has 0 aliphatic heterocycles. The quantitative estimate of drug-likeness (QED) is 0.517. The summed E-state index contributed by atoms with van der Waals surface area (Å²) >= 11 is 0. The minimum absolute atomic E-state index is 0.306. The lowest BCUT2D eigenvalue weighted by atomic mass is 10.0. The minimum atomic E-state index is -0.306. The van der Waals surface area contributed by atoms with E-state index in [1.165, 1.54) is 0 Å². The normalized spacial score (nSPS) is 11.1. The van der Waals surface area contributed by atoms with Gasteiger partial charge in [-0.1, -0.05) is 18.2 Å². The zero-order valence-electron chi connectivity index (χ0n) is 10.9. The van der Waals surface area contributed by atoms with Crippen molar-refractivity contribution in [2.75, 3.05) is 6.61 Å². The predicted molar refractivity (Wildman–Crippen MR) is 75.9 cm³/mol. The number of hydrogen-bond acceptors (Lipinski definition) is 3. The topological polar surface area (TPSA) is 39.4 Å². The van der Waals surface area contributed by atoms with Gasteiger partial charge < -0.3 is 9.15 Å². The molecule has 0 atom stereocenters. The summed E-state index contributed by atoms with van der Waals surface area (Å²) in [4.78, 5) is 12.0. The van der Waals surface area contributed by atoms with E-state index >= 15 is 0 Å². The first-order chi connectivity index (χ1) is 9.22. The summed E-state index contributed by atoms with van der Waals surface area (Å²) in [5, 5.41) is 2.47. The van der Waals surface area contributed by atoms with Crippen molar-refractivity contribution in [3.63, 3.8) is 0 Å². The van der Waals surface area contributed by atoms with Crippen LogP contribution in [0.1, 0.15) is 12.5 Å². The monoisotopic (exact) mass is 254 g/mol. The first-order valence-electron chi connectivity index (χ1n) is 6.30. The summed E-state index contributed by atoms with van der Waals surface area (Å²) in [5.41, 5.74) is 1.16. The Morgan fingerprint density at radius 3 is 2.53 bits per heavy atom. The molecule has 96 valence electrons. The molecule has 3 heteroatoms. The van der Waals surface area contributed by atoms with Gasteiger partial charge in [-0.15, -0.1) is 0 Å². The molecule has 3 nitrogen and oxygen atoms in total. The second kappa shape index (κ2) is 4.43. The van der Waals surface area contributed by atoms with Crippen molar-refractivity contribution in [1.29, 1.82) is 0 Å². The predicted octanol–water partition coefficient (Wildman–Crippen LogP) is 3.65. The molecule has 0 saturated heterocycles. The molecule has 3 rings (SSSR count). The van der Waals surface area contributed by atoms with Crippen molar-refractivity contribution in [3.8, 4) is 5.75 Å². The highest BCUT2D eigenvalue weighted by molar-refractivity contribution is 6.05. The van der Waals surface area contributed by atoms with Crippen molar-refractivity contribution in [2.45, 2.75) is 13.8 Å². The van der Waals surface area contributed by atoms with E-state index in [-0.39, 0.29) is 5.63 Å². The third-order valence-corrected chi connectivity index (χ3v) is 3.29. The average molecular weight is 254 g/mol. The molecule has 0 fully saturated rings. The fourth-order valence-corrected chi connectivity index (χ4v) is 2.37. The summed E-state index contributed by atoms with van der Waals surface area (Å²) in [7, 11) is 0. The molecule has 0 bridgehead atoms. The van der Waals surface area contributed by atoms with Crippen LogP contribution < -0.4 is 10.4 Å². The highest BCUT2D eigenvalue weighted by Crippen LogP contribution is 2.30. The third-order valence-electron chi connectivity index (χ3n) is 3.29. The van der Waals surface area contributed by atoms with E-state index in [1.54, 1.807) is 6.07 Å². The lowest BCUT2D eigenvalue weighted by molar-refractivity contribution is 0.337. The maximum atomic E-state index is 12.0. The average Bonchev–Trinajstić information content (AvgIpc) is 2.43. The van der Waals surface area contributed by atoms with Crippen LogP contribution in [0.5, 0.6) is 5.75 Å². The molecule has 19 heavy (non-hydrogen) atoms. The van der Waals surface area contributed by atoms with Crippen molar-refractivity contribution in [2.24, 2.45) is 0 Å². The maximum absolute atomic E-state index is 12.0. The number of hydrogen-bond donors (Lipinski definition) is 0. The van der Waals surface area contributed by atoms with Crippen LogP contribution in [0, 0.1) is 6.92 Å². The summed E-state index contributed by atoms with van der Waals surface area (Å²) in [6.45, 7) is 4.43. The molecule has 0 amide bonds. The molecule has 1 heterocycles. The molecule has 0 saturated carbocycles. The van der Waals surface area contributed by atoms with Gasteiger partial charge in [-0.2, -0.15) is 0 Å². The van der Waals surface area contributed by atoms with Crippen molar-refractivity contribution in [1.82, 2.24) is 0 Å². The number of ether oxygens (including phenoxy) is 1. The van der Waals surface area contributed by atoms with Crippen LogP contribution in [0.25, 0.3) is 21.7 Å². The maximum Gasteiger partial charge on any atom is 0.344 e. The van der Waals surface area contributed by atoms with E-state index in [2.05, 4.69) is 0 Å². The Balaban J connectivity index is 2.46. The van der Waals surface area contributed by atoms with Gasteiger partial charge in [-0.05, 0) is 37.4 Å². The highest BCUT2D eigenvalue weighted by atomic mass is 16.5. The van der Waals surface area contributed by atoms with Crippen LogP contribution in [0.3, 0.4) is 0 Å². The molecular weight excluding hydrogens is 240 g/mol. The first-order valence-corrected chi connectivity index (χ1v) is 6.30. The summed E-state index contributed by atoms with van der Waals surface area (Å²) in [5.74, 6) is 0.758. The third kappa shape index (κ3) is 1.78. The zero-order chi connectivity index (χ0) is 13.4. The molecule has 0 N–H and O–H groups in total. The SMILES string of the molecule is CCOc1ccc2c(oc(=O)c3ccccc32)c1C. The van der Waals surface area contributed by atoms with Gasteiger partial charge in [0.05, 0.1) is 12.0 Å². The summed E-state index contributed by atoms with van der Waals surface area (Å²) < 4.78 is 11.0. The van der Waals surface area contributed by atoms with Gasteiger partial charge in [0.15, 0.2) is 0 Å². The number of benzene rings is 2. The molecule has 0 unspecified atom stereocenters. The summed E-state index contributed by atoms with van der Waals surface area (Å²) in [6, 6.07) is 11.4. The second-order valence-electron chi connectivity index (χ2n) is 4.43. The number of aryl methyl sites for hydroxylation is 1. The van der Waals surface area contributed by atoms with Gasteiger partial charge >= 0.3 is 5.63 Å². The van der Waals surface area contributed by atoms with Crippen LogP contribution in [0.2, 0.25) is 0 Å². The lowest BCUT2D eigenvalue weighted by Crippen LogP contribution is -2.01. The van der Waals surface area contributed by atoms with Gasteiger partial charge in [0.2, 0.25) is 0 Å². The fourth-order valence-electron chi connectivity index (χ4n) is 2.37. The van der Waals surface area contributed by atoms with Crippen LogP contribution in [0.15, 0.2) is 45.6 Å². The van der Waals surface area contributed by atoms with Crippen molar-refractivity contribution in [3.05, 3.63) is 52.4 Å². The van der Waals surface area contributed by atoms with E-state index < -0.39 is 0 Å². The van der Waals surface area contributed by atoms with E-state index in [4.69, 9.17) is 9.15 Å². The van der Waals surface area contributed by atoms with E-state index in [1.807, 2.05) is 44.2 Å². The standard InChI is InChI=1S/C16H14O3/c1-3-18-14-9-8-12-11-6-4-5-7-13(11)16(17)19-15(12)10(14)2/h4-9H,3H2,1-2H3. The van der Waals surface area contributed by atoms with E-state index in [0.717, 1.165) is 22.1 Å². The Kier molecular flexibility index (Phi) is 2.75. The molecule has 3 aromatic rings. The lowest BCUT2D eigenvalue weighted by Gasteiger charge is -2.10. The smallest absolute Gasteiger partial charge is 0.344 e. The highest BCUT2D eigenvalue weighted by Gasteiger charge is 2.11. The molecule has 0 spiro atoms. The molecule has 0 aliphatic carbocycles.